The minimum Gasteiger partial charge on any atom is -0.462 e. The number of hydrogen-bond donors (Lipinski definition) is 1. The summed E-state index contributed by atoms with van der Waals surface area (Å²) in [7, 11) is -4.09. The molecule has 0 aliphatic carbocycles. The van der Waals surface area contributed by atoms with Crippen LogP contribution in [0.25, 0.3) is 0 Å². The van der Waals surface area contributed by atoms with E-state index in [0.717, 1.165) is 6.20 Å². The zero-order valence-corrected chi connectivity index (χ0v) is 15.8. The first-order valence-electron chi connectivity index (χ1n) is 7.72. The van der Waals surface area contributed by atoms with Crippen molar-refractivity contribution in [1.82, 2.24) is 9.62 Å². The molecular weight excluding hydrogens is 382 g/mol. The van der Waals surface area contributed by atoms with Gasteiger partial charge in [0.15, 0.2) is 0 Å². The maximum Gasteiger partial charge on any atom is 0.344 e. The molecule has 26 heavy (non-hydrogen) atoms. The summed E-state index contributed by atoms with van der Waals surface area (Å²) in [5.41, 5.74) is 0.692. The number of hydrogen-bond acceptors (Lipinski definition) is 5. The standard InChI is InChI=1S/C16H18ClN3O5S/c1-3-25-16(22)13-9-20(26(23,24)19-11(13)2)10-15(21)18-8-12-6-4-5-7-14(12)17/h4-7,9H,3,8,10H2,1-2H3,(H,18,21). The minimum atomic E-state index is -4.09. The second-order valence-corrected chi connectivity index (χ2v) is 7.29. The van der Waals surface area contributed by atoms with E-state index >= 15 is 0 Å². The lowest BCUT2D eigenvalue weighted by molar-refractivity contribution is -0.138. The topological polar surface area (TPSA) is 105 Å². The van der Waals surface area contributed by atoms with Crippen LogP contribution in [0.5, 0.6) is 0 Å². The Bertz CT molecular complexity index is 880. The predicted octanol–water partition coefficient (Wildman–Crippen LogP) is 1.42. The lowest BCUT2D eigenvalue weighted by Gasteiger charge is -2.22. The van der Waals surface area contributed by atoms with Crippen molar-refractivity contribution in [1.29, 1.82) is 0 Å². The number of nitrogens with zero attached hydrogens (tertiary/aromatic N) is 2. The maximum atomic E-state index is 12.1. The maximum absolute atomic E-state index is 12.1. The van der Waals surface area contributed by atoms with E-state index in [1.165, 1.54) is 6.92 Å². The first-order valence-corrected chi connectivity index (χ1v) is 9.50. The van der Waals surface area contributed by atoms with Gasteiger partial charge in [-0.3, -0.25) is 4.79 Å². The second kappa shape index (κ2) is 8.33. The van der Waals surface area contributed by atoms with E-state index in [-0.39, 0.29) is 24.4 Å². The lowest BCUT2D eigenvalue weighted by atomic mass is 10.2. The van der Waals surface area contributed by atoms with Gasteiger partial charge in [0.05, 0.1) is 17.9 Å². The molecule has 0 aromatic heterocycles. The van der Waals surface area contributed by atoms with Crippen molar-refractivity contribution in [2.75, 3.05) is 13.2 Å². The highest BCUT2D eigenvalue weighted by molar-refractivity contribution is 7.88. The van der Waals surface area contributed by atoms with Crippen LogP contribution in [0.4, 0.5) is 0 Å². The fourth-order valence-corrected chi connectivity index (χ4v) is 3.42. The van der Waals surface area contributed by atoms with E-state index in [2.05, 4.69) is 9.71 Å². The summed E-state index contributed by atoms with van der Waals surface area (Å²) in [5, 5.41) is 3.07. The molecule has 1 aromatic carbocycles. The third kappa shape index (κ3) is 4.83. The third-order valence-electron chi connectivity index (χ3n) is 3.44. The van der Waals surface area contributed by atoms with Gasteiger partial charge in [-0.25, -0.2) is 9.10 Å². The van der Waals surface area contributed by atoms with Gasteiger partial charge in [-0.1, -0.05) is 29.8 Å². The van der Waals surface area contributed by atoms with E-state index < -0.39 is 28.6 Å². The zero-order chi connectivity index (χ0) is 19.3. The Morgan fingerprint density at radius 3 is 2.65 bits per heavy atom. The van der Waals surface area contributed by atoms with E-state index in [4.69, 9.17) is 16.3 Å². The molecule has 0 radical (unpaired) electrons. The van der Waals surface area contributed by atoms with Gasteiger partial charge >= 0.3 is 16.2 Å². The quantitative estimate of drug-likeness (QED) is 0.728. The first kappa shape index (κ1) is 19.9. The van der Waals surface area contributed by atoms with Crippen LogP contribution in [0.2, 0.25) is 5.02 Å². The predicted molar refractivity (Wildman–Crippen MR) is 96.7 cm³/mol. The number of esters is 1. The van der Waals surface area contributed by atoms with Crippen molar-refractivity contribution < 1.29 is 22.7 Å². The smallest absolute Gasteiger partial charge is 0.344 e. The van der Waals surface area contributed by atoms with Crippen LogP contribution < -0.4 is 5.32 Å². The molecule has 0 saturated heterocycles. The van der Waals surface area contributed by atoms with Crippen LogP contribution >= 0.6 is 11.6 Å². The number of benzene rings is 1. The van der Waals surface area contributed by atoms with Crippen LogP contribution in [0.15, 0.2) is 40.4 Å². The summed E-state index contributed by atoms with van der Waals surface area (Å²) in [6.07, 6.45) is 1.06. The van der Waals surface area contributed by atoms with Gasteiger partial charge in [0.1, 0.15) is 6.54 Å². The number of nitrogens with one attached hydrogen (secondary N) is 1. The van der Waals surface area contributed by atoms with Gasteiger partial charge in [-0.05, 0) is 25.5 Å². The van der Waals surface area contributed by atoms with Crippen LogP contribution in [0.1, 0.15) is 19.4 Å². The zero-order valence-electron chi connectivity index (χ0n) is 14.2. The summed E-state index contributed by atoms with van der Waals surface area (Å²) in [6, 6.07) is 6.96. The monoisotopic (exact) mass is 399 g/mol. The highest BCUT2D eigenvalue weighted by atomic mass is 35.5. The minimum absolute atomic E-state index is 0.0103. The molecule has 0 unspecified atom stereocenters. The fraction of sp³-hybridized carbons (Fsp3) is 0.312. The highest BCUT2D eigenvalue weighted by Crippen LogP contribution is 2.18. The van der Waals surface area contributed by atoms with E-state index in [1.54, 1.807) is 31.2 Å². The van der Waals surface area contributed by atoms with Gasteiger partial charge < -0.3 is 10.1 Å². The van der Waals surface area contributed by atoms with Gasteiger partial charge in [0.25, 0.3) is 0 Å². The molecule has 8 nitrogen and oxygen atoms in total. The van der Waals surface area contributed by atoms with Gasteiger partial charge in [-0.15, -0.1) is 4.40 Å². The van der Waals surface area contributed by atoms with Crippen molar-refractivity contribution in [3.63, 3.8) is 0 Å². The van der Waals surface area contributed by atoms with Gasteiger partial charge in [0, 0.05) is 17.8 Å². The number of amides is 1. The normalized spacial score (nSPS) is 15.7. The van der Waals surface area contributed by atoms with Crippen LogP contribution in [-0.2, 0) is 31.1 Å². The number of ether oxygens (including phenoxy) is 1. The Morgan fingerprint density at radius 1 is 1.31 bits per heavy atom. The first-order chi connectivity index (χ1) is 12.2. The summed E-state index contributed by atoms with van der Waals surface area (Å²) in [4.78, 5) is 24.0. The molecule has 1 amide bonds. The van der Waals surface area contributed by atoms with Crippen molar-refractivity contribution in [2.45, 2.75) is 20.4 Å². The van der Waals surface area contributed by atoms with E-state index in [9.17, 15) is 18.0 Å². The average Bonchev–Trinajstić information content (AvgIpc) is 2.56. The molecule has 0 spiro atoms. The Kier molecular flexibility index (Phi) is 6.38. The van der Waals surface area contributed by atoms with Crippen molar-refractivity contribution >= 4 is 39.4 Å². The Morgan fingerprint density at radius 2 is 2.00 bits per heavy atom. The van der Waals surface area contributed by atoms with Crippen LogP contribution in [0, 0.1) is 0 Å². The molecular formula is C16H18ClN3O5S. The van der Waals surface area contributed by atoms with Crippen molar-refractivity contribution in [3.05, 3.63) is 46.6 Å². The number of rotatable bonds is 6. The fourth-order valence-electron chi connectivity index (χ4n) is 2.15. The van der Waals surface area contributed by atoms with Crippen molar-refractivity contribution in [3.8, 4) is 0 Å². The second-order valence-electron chi connectivity index (χ2n) is 5.33. The molecule has 1 aliphatic rings. The van der Waals surface area contributed by atoms with Crippen LogP contribution in [-0.4, -0.2) is 43.5 Å². The molecule has 1 N–H and O–H groups in total. The number of carbonyl (C=O) groups excluding carboxylic acids is 2. The third-order valence-corrected chi connectivity index (χ3v) is 5.14. The molecule has 140 valence electrons. The Labute approximate surface area is 156 Å². The SMILES string of the molecule is CCOC(=O)C1=CN(CC(=O)NCc2ccccc2Cl)S(=O)(=O)N=C1C. The molecule has 10 heteroatoms. The molecule has 1 heterocycles. The van der Waals surface area contributed by atoms with Gasteiger partial charge in [0.2, 0.25) is 5.91 Å². The van der Waals surface area contributed by atoms with Crippen LogP contribution in [0.3, 0.4) is 0 Å². The number of halogens is 1. The molecule has 0 fully saturated rings. The van der Waals surface area contributed by atoms with Crippen molar-refractivity contribution in [2.24, 2.45) is 4.40 Å². The summed E-state index contributed by atoms with van der Waals surface area (Å²) < 4.78 is 33.3. The van der Waals surface area contributed by atoms with E-state index in [0.29, 0.717) is 14.9 Å². The Hall–Kier alpha value is -2.39. The summed E-state index contributed by atoms with van der Waals surface area (Å²) in [6.45, 7) is 2.77. The Balaban J connectivity index is 2.09. The molecule has 1 aromatic rings. The van der Waals surface area contributed by atoms with E-state index in [1.807, 2.05) is 0 Å². The van der Waals surface area contributed by atoms with Gasteiger partial charge in [-0.2, -0.15) is 8.42 Å². The number of carbonyl (C=O) groups is 2. The molecule has 0 atom stereocenters. The molecule has 1 aliphatic heterocycles. The summed E-state index contributed by atoms with van der Waals surface area (Å²) >= 11 is 6.01. The lowest BCUT2D eigenvalue weighted by Crippen LogP contribution is -2.39. The molecule has 0 bridgehead atoms. The average molecular weight is 400 g/mol. The highest BCUT2D eigenvalue weighted by Gasteiger charge is 2.30. The largest absolute Gasteiger partial charge is 0.462 e. The molecule has 2 rings (SSSR count). The summed E-state index contributed by atoms with van der Waals surface area (Å²) in [5.74, 6) is -1.27. The molecule has 0 saturated carbocycles.